The summed E-state index contributed by atoms with van der Waals surface area (Å²) < 4.78 is 6.07. The molecule has 0 radical (unpaired) electrons. The maximum absolute atomic E-state index is 6.07. The molecule has 1 heterocycles. The van der Waals surface area contributed by atoms with Crippen LogP contribution in [0.1, 0.15) is 58.1 Å². The van der Waals surface area contributed by atoms with Crippen LogP contribution in [0.2, 0.25) is 0 Å². The maximum Gasteiger partial charge on any atom is 0.0987 e. The molecule has 0 saturated carbocycles. The van der Waals surface area contributed by atoms with Crippen molar-refractivity contribution in [3.8, 4) is 0 Å². The first-order chi connectivity index (χ1) is 9.19. The number of hydrogen-bond acceptors (Lipinski definition) is 3. The van der Waals surface area contributed by atoms with E-state index in [9.17, 15) is 0 Å². The van der Waals surface area contributed by atoms with Crippen LogP contribution >= 0.6 is 0 Å². The van der Waals surface area contributed by atoms with Gasteiger partial charge in [0.05, 0.1) is 12.7 Å². The summed E-state index contributed by atoms with van der Waals surface area (Å²) in [6.07, 6.45) is 8.50. The lowest BCUT2D eigenvalue weighted by atomic mass is 10.00. The fraction of sp³-hybridized carbons (Fsp3) is 0.688. The van der Waals surface area contributed by atoms with Crippen molar-refractivity contribution in [2.45, 2.75) is 58.6 Å². The molecular weight excluding hydrogens is 236 g/mol. The van der Waals surface area contributed by atoms with E-state index in [0.29, 0.717) is 5.92 Å². The number of nitrogens with zero attached hydrogens (tertiary/aromatic N) is 1. The Bertz CT molecular complexity index is 327. The average molecular weight is 264 g/mol. The molecule has 1 rings (SSSR count). The zero-order chi connectivity index (χ0) is 14.1. The molecule has 2 N–H and O–H groups in total. The summed E-state index contributed by atoms with van der Waals surface area (Å²) in [5.74, 6) is 0.637. The molecule has 0 aromatic carbocycles. The van der Waals surface area contributed by atoms with Gasteiger partial charge in [-0.3, -0.25) is 4.98 Å². The van der Waals surface area contributed by atoms with Gasteiger partial charge in [-0.2, -0.15) is 0 Å². The van der Waals surface area contributed by atoms with E-state index in [1.54, 1.807) is 6.20 Å². The topological polar surface area (TPSA) is 48.1 Å². The lowest BCUT2D eigenvalue weighted by Gasteiger charge is -2.24. The number of ether oxygens (including phenoxy) is 1. The molecule has 0 aliphatic rings. The standard InChI is InChI=1S/C16H28N2O/c1-4-6-8-14(5-2)12-19-16(13(3)17)15-9-7-10-18-11-15/h7,9-11,13-14,16H,4-6,8,12,17H2,1-3H3. The molecule has 0 spiro atoms. The number of aromatic nitrogens is 1. The van der Waals surface area contributed by atoms with Gasteiger partial charge in [0.25, 0.3) is 0 Å². The van der Waals surface area contributed by atoms with Gasteiger partial charge in [-0.05, 0) is 25.3 Å². The summed E-state index contributed by atoms with van der Waals surface area (Å²) in [5.41, 5.74) is 7.12. The Morgan fingerprint density at radius 1 is 1.37 bits per heavy atom. The van der Waals surface area contributed by atoms with E-state index >= 15 is 0 Å². The van der Waals surface area contributed by atoms with Gasteiger partial charge in [-0.1, -0.05) is 39.2 Å². The Balaban J connectivity index is 2.55. The number of hydrogen-bond donors (Lipinski definition) is 1. The van der Waals surface area contributed by atoms with Crippen LogP contribution in [0, 0.1) is 5.92 Å². The van der Waals surface area contributed by atoms with Crippen molar-refractivity contribution >= 4 is 0 Å². The number of rotatable bonds is 9. The third kappa shape index (κ3) is 5.70. The normalized spacial score (nSPS) is 16.0. The highest BCUT2D eigenvalue weighted by atomic mass is 16.5. The van der Waals surface area contributed by atoms with Crippen molar-refractivity contribution < 1.29 is 4.74 Å². The lowest BCUT2D eigenvalue weighted by Crippen LogP contribution is -2.28. The number of pyridine rings is 1. The van der Waals surface area contributed by atoms with Crippen LogP contribution in [-0.2, 0) is 4.74 Å². The van der Waals surface area contributed by atoms with Crippen LogP contribution in [-0.4, -0.2) is 17.6 Å². The van der Waals surface area contributed by atoms with Crippen molar-refractivity contribution in [2.75, 3.05) is 6.61 Å². The predicted octanol–water partition coefficient (Wildman–Crippen LogP) is 3.70. The number of unbranched alkanes of at least 4 members (excludes halogenated alkanes) is 1. The summed E-state index contributed by atoms with van der Waals surface area (Å²) in [5, 5.41) is 0. The van der Waals surface area contributed by atoms with E-state index in [2.05, 4.69) is 18.8 Å². The first-order valence-electron chi connectivity index (χ1n) is 7.46. The zero-order valence-electron chi connectivity index (χ0n) is 12.5. The van der Waals surface area contributed by atoms with Crippen molar-refractivity contribution in [3.05, 3.63) is 30.1 Å². The summed E-state index contributed by atoms with van der Waals surface area (Å²) in [6, 6.07) is 3.95. The second-order valence-electron chi connectivity index (χ2n) is 5.32. The van der Waals surface area contributed by atoms with E-state index < -0.39 is 0 Å². The SMILES string of the molecule is CCCCC(CC)COC(c1cccnc1)C(C)N. The molecule has 108 valence electrons. The van der Waals surface area contributed by atoms with Crippen LogP contribution in [0.25, 0.3) is 0 Å². The number of nitrogens with two attached hydrogens (primary N) is 1. The molecule has 3 unspecified atom stereocenters. The smallest absolute Gasteiger partial charge is 0.0987 e. The molecule has 0 saturated heterocycles. The lowest BCUT2D eigenvalue weighted by molar-refractivity contribution is 0.0126. The summed E-state index contributed by atoms with van der Waals surface area (Å²) in [4.78, 5) is 4.15. The van der Waals surface area contributed by atoms with E-state index in [4.69, 9.17) is 10.5 Å². The third-order valence-electron chi connectivity index (χ3n) is 3.55. The Morgan fingerprint density at radius 2 is 2.16 bits per heavy atom. The molecular formula is C16H28N2O. The Morgan fingerprint density at radius 3 is 2.68 bits per heavy atom. The molecule has 19 heavy (non-hydrogen) atoms. The quantitative estimate of drug-likeness (QED) is 0.739. The van der Waals surface area contributed by atoms with E-state index in [1.807, 2.05) is 25.3 Å². The maximum atomic E-state index is 6.07. The van der Waals surface area contributed by atoms with Gasteiger partial charge in [0.1, 0.15) is 0 Å². The molecule has 0 aliphatic heterocycles. The third-order valence-corrected chi connectivity index (χ3v) is 3.55. The van der Waals surface area contributed by atoms with E-state index in [0.717, 1.165) is 12.2 Å². The van der Waals surface area contributed by atoms with Gasteiger partial charge in [0.2, 0.25) is 0 Å². The second kappa shape index (κ2) is 9.05. The summed E-state index contributed by atoms with van der Waals surface area (Å²) >= 11 is 0. The predicted molar refractivity (Wildman–Crippen MR) is 79.9 cm³/mol. The van der Waals surface area contributed by atoms with Gasteiger partial charge in [0.15, 0.2) is 0 Å². The van der Waals surface area contributed by atoms with Gasteiger partial charge in [0, 0.05) is 24.0 Å². The molecule has 3 nitrogen and oxygen atoms in total. The van der Waals surface area contributed by atoms with Crippen molar-refractivity contribution in [2.24, 2.45) is 11.7 Å². The molecule has 1 aromatic heterocycles. The molecule has 3 atom stereocenters. The molecule has 1 aromatic rings. The van der Waals surface area contributed by atoms with Gasteiger partial charge in [-0.15, -0.1) is 0 Å². The molecule has 0 amide bonds. The monoisotopic (exact) mass is 264 g/mol. The fourth-order valence-corrected chi connectivity index (χ4v) is 2.23. The van der Waals surface area contributed by atoms with Crippen LogP contribution in [0.15, 0.2) is 24.5 Å². The van der Waals surface area contributed by atoms with Crippen LogP contribution < -0.4 is 5.73 Å². The van der Waals surface area contributed by atoms with Crippen molar-refractivity contribution in [3.63, 3.8) is 0 Å². The minimum atomic E-state index is -0.0515. The first-order valence-corrected chi connectivity index (χ1v) is 7.46. The first kappa shape index (κ1) is 16.1. The highest BCUT2D eigenvalue weighted by molar-refractivity contribution is 5.13. The molecule has 0 fully saturated rings. The zero-order valence-corrected chi connectivity index (χ0v) is 12.5. The molecule has 0 aliphatic carbocycles. The minimum Gasteiger partial charge on any atom is -0.372 e. The second-order valence-corrected chi connectivity index (χ2v) is 5.32. The van der Waals surface area contributed by atoms with Crippen molar-refractivity contribution in [1.29, 1.82) is 0 Å². The van der Waals surface area contributed by atoms with E-state index in [-0.39, 0.29) is 12.1 Å². The molecule has 0 bridgehead atoms. The molecule has 3 heteroatoms. The Kier molecular flexibility index (Phi) is 7.68. The fourth-order valence-electron chi connectivity index (χ4n) is 2.23. The van der Waals surface area contributed by atoms with Gasteiger partial charge in [-0.25, -0.2) is 0 Å². The highest BCUT2D eigenvalue weighted by Gasteiger charge is 2.18. The largest absolute Gasteiger partial charge is 0.372 e. The van der Waals surface area contributed by atoms with Gasteiger partial charge >= 0.3 is 0 Å². The Hall–Kier alpha value is -0.930. The minimum absolute atomic E-state index is 0.0205. The highest BCUT2D eigenvalue weighted by Crippen LogP contribution is 2.22. The van der Waals surface area contributed by atoms with Gasteiger partial charge < -0.3 is 10.5 Å². The van der Waals surface area contributed by atoms with Crippen LogP contribution in [0.5, 0.6) is 0 Å². The average Bonchev–Trinajstić information content (AvgIpc) is 2.43. The van der Waals surface area contributed by atoms with E-state index in [1.165, 1.54) is 25.7 Å². The van der Waals surface area contributed by atoms with Crippen LogP contribution in [0.3, 0.4) is 0 Å². The Labute approximate surface area is 117 Å². The summed E-state index contributed by atoms with van der Waals surface area (Å²) in [6.45, 7) is 7.24. The summed E-state index contributed by atoms with van der Waals surface area (Å²) in [7, 11) is 0. The van der Waals surface area contributed by atoms with Crippen LogP contribution in [0.4, 0.5) is 0 Å². The van der Waals surface area contributed by atoms with Crippen molar-refractivity contribution in [1.82, 2.24) is 4.98 Å².